The van der Waals surface area contributed by atoms with Gasteiger partial charge in [0.05, 0.1) is 27.6 Å². The minimum absolute atomic E-state index is 0.0512. The predicted octanol–water partition coefficient (Wildman–Crippen LogP) is 4.17. The third-order valence-corrected chi connectivity index (χ3v) is 5.93. The standard InChI is InChI=1S/C23H21N3O2S/c1-26(2)21-11-7-6-10-18(21)15-29(28)23-24-19-13-12-17(14-20(19)25-23)22(27)16-8-4-3-5-9-16/h3-14H,15H2,1-2H3,(H,24,25). The summed E-state index contributed by atoms with van der Waals surface area (Å²) in [7, 11) is 2.61. The average Bonchev–Trinajstić information content (AvgIpc) is 3.17. The van der Waals surface area contributed by atoms with Crippen molar-refractivity contribution in [3.63, 3.8) is 0 Å². The monoisotopic (exact) mass is 403 g/mol. The summed E-state index contributed by atoms with van der Waals surface area (Å²) in [6.07, 6.45) is 0. The number of hydrogen-bond acceptors (Lipinski definition) is 4. The van der Waals surface area contributed by atoms with Gasteiger partial charge < -0.3 is 9.88 Å². The molecule has 3 aromatic carbocycles. The van der Waals surface area contributed by atoms with E-state index in [4.69, 9.17) is 0 Å². The minimum Gasteiger partial charge on any atom is -0.377 e. The van der Waals surface area contributed by atoms with Crippen LogP contribution in [0.3, 0.4) is 0 Å². The molecule has 0 radical (unpaired) electrons. The van der Waals surface area contributed by atoms with E-state index in [-0.39, 0.29) is 5.78 Å². The van der Waals surface area contributed by atoms with Gasteiger partial charge in [-0.3, -0.25) is 9.00 Å². The van der Waals surface area contributed by atoms with Crippen LogP contribution in [0.5, 0.6) is 0 Å². The summed E-state index contributed by atoms with van der Waals surface area (Å²) in [5.41, 5.74) is 4.64. The zero-order chi connectivity index (χ0) is 20.4. The molecule has 0 aliphatic rings. The number of ketones is 1. The number of aromatic amines is 1. The van der Waals surface area contributed by atoms with Crippen molar-refractivity contribution in [1.29, 1.82) is 0 Å². The number of imidazole rings is 1. The molecule has 5 nitrogen and oxygen atoms in total. The van der Waals surface area contributed by atoms with Crippen molar-refractivity contribution >= 4 is 33.3 Å². The maximum atomic E-state index is 12.9. The number of carbonyl (C=O) groups excluding carboxylic acids is 1. The van der Waals surface area contributed by atoms with Crippen molar-refractivity contribution in [3.8, 4) is 0 Å². The lowest BCUT2D eigenvalue weighted by molar-refractivity contribution is 0.103. The number of H-pyrrole nitrogens is 1. The van der Waals surface area contributed by atoms with E-state index in [1.807, 2.05) is 61.5 Å². The van der Waals surface area contributed by atoms with Gasteiger partial charge in [-0.05, 0) is 29.8 Å². The first-order valence-electron chi connectivity index (χ1n) is 9.26. The Balaban J connectivity index is 1.61. The van der Waals surface area contributed by atoms with E-state index >= 15 is 0 Å². The van der Waals surface area contributed by atoms with Crippen molar-refractivity contribution in [2.24, 2.45) is 0 Å². The highest BCUT2D eigenvalue weighted by molar-refractivity contribution is 7.84. The maximum absolute atomic E-state index is 12.9. The van der Waals surface area contributed by atoms with Crippen LogP contribution in [0.1, 0.15) is 21.5 Å². The summed E-state index contributed by atoms with van der Waals surface area (Å²) in [5, 5.41) is 0.415. The first kappa shape index (κ1) is 19.1. The van der Waals surface area contributed by atoms with Crippen LogP contribution < -0.4 is 4.90 Å². The van der Waals surface area contributed by atoms with E-state index in [1.165, 1.54) is 0 Å². The number of anilines is 1. The van der Waals surface area contributed by atoms with Gasteiger partial charge in [-0.1, -0.05) is 48.5 Å². The summed E-state index contributed by atoms with van der Waals surface area (Å²) < 4.78 is 12.9. The zero-order valence-electron chi connectivity index (χ0n) is 16.3. The van der Waals surface area contributed by atoms with E-state index < -0.39 is 10.8 Å². The van der Waals surface area contributed by atoms with Gasteiger partial charge in [0.2, 0.25) is 0 Å². The van der Waals surface area contributed by atoms with Gasteiger partial charge >= 0.3 is 0 Å². The third kappa shape index (κ3) is 3.98. The van der Waals surface area contributed by atoms with Crippen LogP contribution in [0, 0.1) is 0 Å². The van der Waals surface area contributed by atoms with Crippen molar-refractivity contribution in [2.45, 2.75) is 10.9 Å². The fourth-order valence-electron chi connectivity index (χ4n) is 3.27. The zero-order valence-corrected chi connectivity index (χ0v) is 17.1. The largest absolute Gasteiger partial charge is 0.377 e. The molecule has 4 aromatic rings. The van der Waals surface area contributed by atoms with E-state index in [2.05, 4.69) is 9.97 Å². The molecule has 146 valence electrons. The Bertz CT molecular complexity index is 1200. The van der Waals surface area contributed by atoms with Crippen LogP contribution in [0.2, 0.25) is 0 Å². The highest BCUT2D eigenvalue weighted by Gasteiger charge is 2.15. The Morgan fingerprint density at radius 2 is 1.69 bits per heavy atom. The highest BCUT2D eigenvalue weighted by atomic mass is 32.2. The van der Waals surface area contributed by atoms with Crippen molar-refractivity contribution < 1.29 is 9.00 Å². The van der Waals surface area contributed by atoms with Gasteiger partial charge in [0.15, 0.2) is 10.9 Å². The number of nitrogens with one attached hydrogen (secondary N) is 1. The smallest absolute Gasteiger partial charge is 0.197 e. The normalized spacial score (nSPS) is 12.1. The molecule has 0 saturated heterocycles. The summed E-state index contributed by atoms with van der Waals surface area (Å²) in [6, 6.07) is 22.4. The maximum Gasteiger partial charge on any atom is 0.197 e. The van der Waals surface area contributed by atoms with Crippen LogP contribution in [-0.4, -0.2) is 34.1 Å². The first-order chi connectivity index (χ1) is 14.0. The average molecular weight is 404 g/mol. The number of hydrogen-bond donors (Lipinski definition) is 1. The summed E-state index contributed by atoms with van der Waals surface area (Å²) in [5.74, 6) is 0.314. The Labute approximate surface area is 171 Å². The molecule has 0 bridgehead atoms. The molecule has 1 atom stereocenters. The van der Waals surface area contributed by atoms with Gasteiger partial charge in [0.1, 0.15) is 0 Å². The number of carbonyl (C=O) groups is 1. The molecule has 6 heteroatoms. The molecular formula is C23H21N3O2S. The van der Waals surface area contributed by atoms with Crippen molar-refractivity contribution in [1.82, 2.24) is 9.97 Å². The quantitative estimate of drug-likeness (QED) is 0.491. The van der Waals surface area contributed by atoms with Crippen LogP contribution in [0.4, 0.5) is 5.69 Å². The lowest BCUT2D eigenvalue weighted by Crippen LogP contribution is -2.12. The number of para-hydroxylation sites is 1. The molecule has 1 heterocycles. The molecule has 0 aliphatic heterocycles. The predicted molar refractivity (Wildman–Crippen MR) is 117 cm³/mol. The van der Waals surface area contributed by atoms with E-state index in [1.54, 1.807) is 30.3 Å². The topological polar surface area (TPSA) is 66.1 Å². The molecule has 1 unspecified atom stereocenters. The number of aromatic nitrogens is 2. The van der Waals surface area contributed by atoms with Crippen LogP contribution in [-0.2, 0) is 16.6 Å². The third-order valence-electron chi connectivity index (χ3n) is 4.73. The SMILES string of the molecule is CN(C)c1ccccc1CS(=O)c1nc2ccc(C(=O)c3ccccc3)cc2[nH]1. The number of rotatable bonds is 6. The molecule has 0 fully saturated rings. The van der Waals surface area contributed by atoms with E-state index in [9.17, 15) is 9.00 Å². The van der Waals surface area contributed by atoms with Gasteiger partial charge in [0, 0.05) is 30.9 Å². The van der Waals surface area contributed by atoms with E-state index in [0.29, 0.717) is 33.1 Å². The molecule has 4 rings (SSSR count). The second kappa shape index (κ2) is 8.01. The molecule has 0 amide bonds. The Kier molecular flexibility index (Phi) is 5.27. The lowest BCUT2D eigenvalue weighted by Gasteiger charge is -2.16. The molecular weight excluding hydrogens is 382 g/mol. The molecule has 1 aromatic heterocycles. The molecule has 29 heavy (non-hydrogen) atoms. The fraction of sp³-hybridized carbons (Fsp3) is 0.130. The van der Waals surface area contributed by atoms with Crippen LogP contribution >= 0.6 is 0 Å². The van der Waals surface area contributed by atoms with Gasteiger partial charge in [-0.25, -0.2) is 4.98 Å². The molecule has 0 saturated carbocycles. The molecule has 0 aliphatic carbocycles. The number of fused-ring (bicyclic) bond motifs is 1. The highest BCUT2D eigenvalue weighted by Crippen LogP contribution is 2.23. The molecule has 0 spiro atoms. The number of nitrogens with zero attached hydrogens (tertiary/aromatic N) is 2. The number of benzene rings is 3. The summed E-state index contributed by atoms with van der Waals surface area (Å²) >= 11 is 0. The fourth-order valence-corrected chi connectivity index (χ4v) is 4.36. The first-order valence-corrected chi connectivity index (χ1v) is 10.6. The Morgan fingerprint density at radius 3 is 2.45 bits per heavy atom. The van der Waals surface area contributed by atoms with Crippen molar-refractivity contribution in [2.75, 3.05) is 19.0 Å². The van der Waals surface area contributed by atoms with Gasteiger partial charge in [-0.15, -0.1) is 0 Å². The Hall–Kier alpha value is -3.25. The second-order valence-corrected chi connectivity index (χ2v) is 8.35. The lowest BCUT2D eigenvalue weighted by atomic mass is 10.0. The minimum atomic E-state index is -1.33. The van der Waals surface area contributed by atoms with Crippen LogP contribution in [0.15, 0.2) is 78.0 Å². The summed E-state index contributed by atoms with van der Waals surface area (Å²) in [4.78, 5) is 22.3. The van der Waals surface area contributed by atoms with Gasteiger partial charge in [-0.2, -0.15) is 0 Å². The Morgan fingerprint density at radius 1 is 0.966 bits per heavy atom. The molecule has 1 N–H and O–H groups in total. The van der Waals surface area contributed by atoms with Crippen LogP contribution in [0.25, 0.3) is 11.0 Å². The summed E-state index contributed by atoms with van der Waals surface area (Å²) in [6.45, 7) is 0. The van der Waals surface area contributed by atoms with E-state index in [0.717, 1.165) is 11.3 Å². The van der Waals surface area contributed by atoms with Gasteiger partial charge in [0.25, 0.3) is 0 Å². The second-order valence-electron chi connectivity index (χ2n) is 6.98. The van der Waals surface area contributed by atoms with Crippen molar-refractivity contribution in [3.05, 3.63) is 89.5 Å².